The maximum atomic E-state index is 13.2. The molecule has 0 fully saturated rings. The Morgan fingerprint density at radius 2 is 2.03 bits per heavy atom. The van der Waals surface area contributed by atoms with Gasteiger partial charge in [0.05, 0.1) is 6.54 Å². The number of hydrogen-bond donors (Lipinski definition) is 0. The Bertz CT molecular complexity index is 1010. The number of carbonyl (C=O) groups is 1. The van der Waals surface area contributed by atoms with Gasteiger partial charge in [-0.3, -0.25) is 9.69 Å². The Kier molecular flexibility index (Phi) is 5.28. The summed E-state index contributed by atoms with van der Waals surface area (Å²) in [6, 6.07) is 7.54. The molecule has 0 bridgehead atoms. The summed E-state index contributed by atoms with van der Waals surface area (Å²) in [6.07, 6.45) is 6.17. The molecule has 0 saturated carbocycles. The van der Waals surface area contributed by atoms with Gasteiger partial charge in [0.2, 0.25) is 0 Å². The van der Waals surface area contributed by atoms with Crippen LogP contribution in [0, 0.1) is 5.92 Å². The lowest BCUT2D eigenvalue weighted by atomic mass is 10.0. The van der Waals surface area contributed by atoms with Crippen LogP contribution in [0.15, 0.2) is 53.4 Å². The predicted octanol–water partition coefficient (Wildman–Crippen LogP) is 3.55. The number of allylic oxidation sites excluding steroid dienone is 1. The molecular formula is C23H26N4O3. The summed E-state index contributed by atoms with van der Waals surface area (Å²) in [7, 11) is 0. The first-order valence-corrected chi connectivity index (χ1v) is 10.1. The third-order valence-corrected chi connectivity index (χ3v) is 5.09. The minimum absolute atomic E-state index is 0.0303. The maximum Gasteiger partial charge on any atom is 0.266 e. The third kappa shape index (κ3) is 4.20. The number of benzene rings is 1. The van der Waals surface area contributed by atoms with E-state index in [1.165, 1.54) is 0 Å². The number of ether oxygens (including phenoxy) is 2. The van der Waals surface area contributed by atoms with Crippen LogP contribution >= 0.6 is 0 Å². The van der Waals surface area contributed by atoms with Gasteiger partial charge < -0.3 is 9.47 Å². The second kappa shape index (κ2) is 7.89. The summed E-state index contributed by atoms with van der Waals surface area (Å²) in [4.78, 5) is 27.9. The highest BCUT2D eigenvalue weighted by Crippen LogP contribution is 2.41. The molecule has 1 atom stereocenters. The number of rotatable bonds is 5. The fourth-order valence-electron chi connectivity index (χ4n) is 3.83. The minimum Gasteiger partial charge on any atom is -0.483 e. The molecule has 0 spiro atoms. The van der Waals surface area contributed by atoms with Crippen LogP contribution in [0.1, 0.15) is 39.1 Å². The highest BCUT2D eigenvalue weighted by molar-refractivity contribution is 6.02. The molecule has 1 amide bonds. The van der Waals surface area contributed by atoms with Crippen molar-refractivity contribution in [3.8, 4) is 11.5 Å². The molecule has 30 heavy (non-hydrogen) atoms. The van der Waals surface area contributed by atoms with Crippen LogP contribution in [0.4, 0.5) is 0 Å². The van der Waals surface area contributed by atoms with Crippen LogP contribution in [-0.2, 0) is 17.8 Å². The summed E-state index contributed by atoms with van der Waals surface area (Å²) in [5, 5.41) is 0. The van der Waals surface area contributed by atoms with E-state index >= 15 is 0 Å². The van der Waals surface area contributed by atoms with Crippen molar-refractivity contribution in [2.24, 2.45) is 10.9 Å². The van der Waals surface area contributed by atoms with Crippen molar-refractivity contribution >= 4 is 11.7 Å². The molecule has 0 saturated heterocycles. The van der Waals surface area contributed by atoms with Crippen molar-refractivity contribution in [3.05, 3.63) is 59.8 Å². The number of para-hydroxylation sites is 1. The molecule has 2 aliphatic rings. The average Bonchev–Trinajstić information content (AvgIpc) is 3.21. The fourth-order valence-corrected chi connectivity index (χ4v) is 3.83. The van der Waals surface area contributed by atoms with Crippen LogP contribution < -0.4 is 9.47 Å². The molecule has 2 aliphatic heterocycles. The smallest absolute Gasteiger partial charge is 0.266 e. The second-order valence-corrected chi connectivity index (χ2v) is 8.28. The Hall–Kier alpha value is -3.22. The molecule has 7 heteroatoms. The van der Waals surface area contributed by atoms with Crippen LogP contribution in [0.3, 0.4) is 0 Å². The summed E-state index contributed by atoms with van der Waals surface area (Å²) in [5.41, 5.74) is 1.70. The van der Waals surface area contributed by atoms with Crippen molar-refractivity contribution in [1.29, 1.82) is 0 Å². The number of amidine groups is 1. The largest absolute Gasteiger partial charge is 0.483 e. The molecule has 7 nitrogen and oxygen atoms in total. The van der Waals surface area contributed by atoms with Gasteiger partial charge in [-0.05, 0) is 32.9 Å². The number of hydrogen-bond acceptors (Lipinski definition) is 6. The van der Waals surface area contributed by atoms with Crippen molar-refractivity contribution in [2.45, 2.75) is 46.3 Å². The standard InChI is InChI=1S/C23H26N4O3/c1-15-11-16(2)26-22(15)27(13-19-24-9-6-10-25-19)20(28)14-29-18-8-5-7-17-12-23(3,4)30-21(17)18/h5-11,15H,12-14H2,1-4H3. The number of fused-ring (bicyclic) bond motifs is 1. The van der Waals surface area contributed by atoms with E-state index in [0.717, 1.165) is 23.4 Å². The lowest BCUT2D eigenvalue weighted by molar-refractivity contribution is -0.130. The lowest BCUT2D eigenvalue weighted by Crippen LogP contribution is -2.41. The number of nitrogens with zero attached hydrogens (tertiary/aromatic N) is 4. The second-order valence-electron chi connectivity index (χ2n) is 8.28. The third-order valence-electron chi connectivity index (χ3n) is 5.09. The van der Waals surface area contributed by atoms with E-state index < -0.39 is 0 Å². The average molecular weight is 406 g/mol. The zero-order valence-electron chi connectivity index (χ0n) is 17.8. The highest BCUT2D eigenvalue weighted by atomic mass is 16.5. The Morgan fingerprint density at radius 3 is 2.73 bits per heavy atom. The van der Waals surface area contributed by atoms with Gasteiger partial charge in [0.25, 0.3) is 5.91 Å². The normalized spacial score (nSPS) is 18.9. The Balaban J connectivity index is 1.52. The zero-order chi connectivity index (χ0) is 21.3. The van der Waals surface area contributed by atoms with Gasteiger partial charge in [-0.25, -0.2) is 15.0 Å². The fraction of sp³-hybridized carbons (Fsp3) is 0.391. The maximum absolute atomic E-state index is 13.2. The minimum atomic E-state index is -0.278. The number of carbonyl (C=O) groups excluding carboxylic acids is 1. The lowest BCUT2D eigenvalue weighted by Gasteiger charge is -2.24. The van der Waals surface area contributed by atoms with Crippen molar-refractivity contribution in [3.63, 3.8) is 0 Å². The van der Waals surface area contributed by atoms with Gasteiger partial charge in [0.15, 0.2) is 18.1 Å². The van der Waals surface area contributed by atoms with E-state index in [9.17, 15) is 4.79 Å². The summed E-state index contributed by atoms with van der Waals surface area (Å²) < 4.78 is 12.0. The first-order chi connectivity index (χ1) is 14.3. The monoisotopic (exact) mass is 406 g/mol. The molecule has 3 heterocycles. The highest BCUT2D eigenvalue weighted by Gasteiger charge is 2.33. The van der Waals surface area contributed by atoms with Crippen molar-refractivity contribution < 1.29 is 14.3 Å². The van der Waals surface area contributed by atoms with Gasteiger partial charge in [-0.15, -0.1) is 0 Å². The summed E-state index contributed by atoms with van der Waals surface area (Å²) in [6.45, 7) is 8.13. The molecular weight excluding hydrogens is 380 g/mol. The van der Waals surface area contributed by atoms with Gasteiger partial charge >= 0.3 is 0 Å². The van der Waals surface area contributed by atoms with Crippen LogP contribution in [0.5, 0.6) is 11.5 Å². The van der Waals surface area contributed by atoms with E-state index in [1.54, 1.807) is 23.4 Å². The van der Waals surface area contributed by atoms with E-state index in [0.29, 0.717) is 17.4 Å². The van der Waals surface area contributed by atoms with Gasteiger partial charge in [-0.1, -0.05) is 25.1 Å². The zero-order valence-corrected chi connectivity index (χ0v) is 17.8. The molecule has 1 aromatic heterocycles. The van der Waals surface area contributed by atoms with Gasteiger partial charge in [0.1, 0.15) is 17.3 Å². The first-order valence-electron chi connectivity index (χ1n) is 10.1. The molecule has 0 radical (unpaired) electrons. The van der Waals surface area contributed by atoms with Gasteiger partial charge in [-0.2, -0.15) is 0 Å². The van der Waals surface area contributed by atoms with Crippen LogP contribution in [0.2, 0.25) is 0 Å². The van der Waals surface area contributed by atoms with Crippen molar-refractivity contribution in [2.75, 3.05) is 6.61 Å². The Labute approximate surface area is 176 Å². The molecule has 2 aromatic rings. The molecule has 0 aliphatic carbocycles. The van der Waals surface area contributed by atoms with Crippen LogP contribution in [-0.4, -0.2) is 38.8 Å². The number of aromatic nitrogens is 2. The molecule has 1 unspecified atom stereocenters. The Morgan fingerprint density at radius 1 is 1.27 bits per heavy atom. The molecule has 1 aromatic carbocycles. The van der Waals surface area contributed by atoms with E-state index in [1.807, 2.05) is 52.0 Å². The first kappa shape index (κ1) is 20.1. The van der Waals surface area contributed by atoms with E-state index in [-0.39, 0.29) is 30.6 Å². The summed E-state index contributed by atoms with van der Waals surface area (Å²) in [5.74, 6) is 2.37. The van der Waals surface area contributed by atoms with Gasteiger partial charge in [0, 0.05) is 36.0 Å². The van der Waals surface area contributed by atoms with Crippen molar-refractivity contribution in [1.82, 2.24) is 14.9 Å². The van der Waals surface area contributed by atoms with E-state index in [2.05, 4.69) is 15.0 Å². The van der Waals surface area contributed by atoms with E-state index in [4.69, 9.17) is 9.47 Å². The predicted molar refractivity (Wildman–Crippen MR) is 113 cm³/mol. The van der Waals surface area contributed by atoms with Crippen LogP contribution in [0.25, 0.3) is 0 Å². The molecule has 0 N–H and O–H groups in total. The SMILES string of the molecule is CC1=CC(C)C(N(Cc2ncccn2)C(=O)COc2cccc3c2OC(C)(C)C3)=N1. The number of amides is 1. The molecule has 156 valence electrons. The molecule has 4 rings (SSSR count). The topological polar surface area (TPSA) is 76.9 Å². The quantitative estimate of drug-likeness (QED) is 0.759. The number of aliphatic imine (C=N–C) groups is 1. The summed E-state index contributed by atoms with van der Waals surface area (Å²) >= 11 is 0.